The maximum absolute atomic E-state index is 12.4. The molecule has 1 aliphatic rings. The maximum atomic E-state index is 12.4. The zero-order valence-electron chi connectivity index (χ0n) is 15.9. The number of thioether (sulfide) groups is 1. The third kappa shape index (κ3) is 5.20. The molecule has 0 unspecified atom stereocenters. The maximum Gasteiger partial charge on any atom is 0.234 e. The highest BCUT2D eigenvalue weighted by Gasteiger charge is 2.29. The molecule has 1 aliphatic heterocycles. The van der Waals surface area contributed by atoms with Crippen LogP contribution in [0.1, 0.15) is 30.4 Å². The lowest BCUT2D eigenvalue weighted by Gasteiger charge is -2.25. The molecule has 1 heterocycles. The number of anilines is 1. The number of hydrogen-bond acceptors (Lipinski definition) is 4. The van der Waals surface area contributed by atoms with Crippen molar-refractivity contribution < 1.29 is 9.59 Å². The van der Waals surface area contributed by atoms with Gasteiger partial charge in [-0.2, -0.15) is 5.26 Å². The van der Waals surface area contributed by atoms with Gasteiger partial charge in [0.15, 0.2) is 0 Å². The van der Waals surface area contributed by atoms with Crippen LogP contribution in [0.4, 0.5) is 5.69 Å². The van der Waals surface area contributed by atoms with Gasteiger partial charge in [0.25, 0.3) is 0 Å². The molecule has 1 atom stereocenters. The molecule has 0 saturated heterocycles. The predicted molar refractivity (Wildman–Crippen MR) is 116 cm³/mol. The number of carbonyl (C=O) groups excluding carboxylic acids is 2. The molecule has 2 N–H and O–H groups in total. The summed E-state index contributed by atoms with van der Waals surface area (Å²) in [5, 5.41) is 16.4. The zero-order valence-corrected chi connectivity index (χ0v) is 17.4. The summed E-state index contributed by atoms with van der Waals surface area (Å²) in [4.78, 5) is 24.6. The number of halogens is 1. The number of nitrogens with one attached hydrogen (secondary N) is 2. The van der Waals surface area contributed by atoms with E-state index in [9.17, 15) is 14.9 Å². The van der Waals surface area contributed by atoms with Gasteiger partial charge in [-0.3, -0.25) is 9.59 Å². The Balaban J connectivity index is 1.75. The highest BCUT2D eigenvalue weighted by molar-refractivity contribution is 8.03. The molecule has 3 rings (SSSR count). The Hall–Kier alpha value is -2.75. The summed E-state index contributed by atoms with van der Waals surface area (Å²) in [7, 11) is 0. The van der Waals surface area contributed by atoms with Crippen LogP contribution in [0.2, 0.25) is 5.02 Å². The summed E-state index contributed by atoms with van der Waals surface area (Å²) >= 11 is 7.11. The molecule has 2 amide bonds. The molecule has 0 radical (unpaired) electrons. The number of nitrogens with zero attached hydrogens (tertiary/aromatic N) is 1. The van der Waals surface area contributed by atoms with Gasteiger partial charge in [0.1, 0.15) is 0 Å². The Morgan fingerprint density at radius 2 is 2.00 bits per heavy atom. The standard InChI is InChI=1S/C22H20ClN3O2S/c1-2-14-5-3-4-6-19(14)25-21(28)13-29-22-18(12-24)17(11-20(27)26-22)15-7-9-16(23)10-8-15/h3-10,17H,2,11,13H2,1H3,(H,25,28)(H,26,27)/t17-/m0/s1. The van der Waals surface area contributed by atoms with Crippen LogP contribution in [0.5, 0.6) is 0 Å². The average Bonchev–Trinajstić information content (AvgIpc) is 2.72. The van der Waals surface area contributed by atoms with E-state index >= 15 is 0 Å². The van der Waals surface area contributed by atoms with Crippen LogP contribution in [0.3, 0.4) is 0 Å². The normalized spacial score (nSPS) is 16.2. The van der Waals surface area contributed by atoms with Crippen molar-refractivity contribution in [1.82, 2.24) is 5.32 Å². The minimum absolute atomic E-state index is 0.0895. The van der Waals surface area contributed by atoms with Crippen LogP contribution >= 0.6 is 23.4 Å². The van der Waals surface area contributed by atoms with Gasteiger partial charge in [0, 0.05) is 23.0 Å². The quantitative estimate of drug-likeness (QED) is 0.707. The van der Waals surface area contributed by atoms with E-state index in [4.69, 9.17) is 11.6 Å². The van der Waals surface area contributed by atoms with E-state index < -0.39 is 0 Å². The van der Waals surface area contributed by atoms with Crippen molar-refractivity contribution in [2.24, 2.45) is 0 Å². The number of rotatable bonds is 6. The first-order valence-corrected chi connectivity index (χ1v) is 10.6. The van der Waals surface area contributed by atoms with Gasteiger partial charge < -0.3 is 10.6 Å². The summed E-state index contributed by atoms with van der Waals surface area (Å²) in [6.45, 7) is 2.03. The average molecular weight is 426 g/mol. The molecular weight excluding hydrogens is 406 g/mol. The minimum atomic E-state index is -0.350. The summed E-state index contributed by atoms with van der Waals surface area (Å²) in [5.74, 6) is -0.629. The number of amides is 2. The molecule has 29 heavy (non-hydrogen) atoms. The Labute approximate surface area is 179 Å². The Morgan fingerprint density at radius 3 is 2.69 bits per heavy atom. The zero-order chi connectivity index (χ0) is 20.8. The molecule has 0 bridgehead atoms. The smallest absolute Gasteiger partial charge is 0.234 e. The number of benzene rings is 2. The van der Waals surface area contributed by atoms with Crippen LogP contribution in [0.25, 0.3) is 0 Å². The molecule has 0 fully saturated rings. The van der Waals surface area contributed by atoms with Crippen LogP contribution in [-0.2, 0) is 16.0 Å². The molecule has 5 nitrogen and oxygen atoms in total. The van der Waals surface area contributed by atoms with Crippen molar-refractivity contribution in [3.63, 3.8) is 0 Å². The fourth-order valence-electron chi connectivity index (χ4n) is 3.19. The van der Waals surface area contributed by atoms with Crippen molar-refractivity contribution in [3.8, 4) is 6.07 Å². The van der Waals surface area contributed by atoms with Gasteiger partial charge >= 0.3 is 0 Å². The second-order valence-electron chi connectivity index (χ2n) is 6.56. The lowest BCUT2D eigenvalue weighted by atomic mass is 9.87. The third-order valence-electron chi connectivity index (χ3n) is 4.65. The Bertz CT molecular complexity index is 996. The van der Waals surface area contributed by atoms with Gasteiger partial charge in [-0.25, -0.2) is 0 Å². The number of allylic oxidation sites excluding steroid dienone is 1. The minimum Gasteiger partial charge on any atom is -0.325 e. The lowest BCUT2D eigenvalue weighted by Crippen LogP contribution is -2.31. The van der Waals surface area contributed by atoms with E-state index in [1.54, 1.807) is 12.1 Å². The second-order valence-corrected chi connectivity index (χ2v) is 7.98. The number of para-hydroxylation sites is 1. The van der Waals surface area contributed by atoms with Gasteiger partial charge in [0.2, 0.25) is 11.8 Å². The number of nitriles is 1. The van der Waals surface area contributed by atoms with E-state index in [0.29, 0.717) is 15.6 Å². The Morgan fingerprint density at radius 1 is 1.28 bits per heavy atom. The molecule has 0 aliphatic carbocycles. The first-order valence-electron chi connectivity index (χ1n) is 9.22. The fourth-order valence-corrected chi connectivity index (χ4v) is 4.19. The number of aryl methyl sites for hydroxylation is 1. The highest BCUT2D eigenvalue weighted by Crippen LogP contribution is 2.36. The van der Waals surface area contributed by atoms with Gasteiger partial charge in [-0.1, -0.05) is 60.6 Å². The first-order chi connectivity index (χ1) is 14.0. The second kappa shape index (κ2) is 9.64. The fraction of sp³-hybridized carbons (Fsp3) is 0.227. The third-order valence-corrected chi connectivity index (χ3v) is 5.92. The van der Waals surface area contributed by atoms with Crippen LogP contribution in [0.15, 0.2) is 59.1 Å². The van der Waals surface area contributed by atoms with E-state index in [-0.39, 0.29) is 29.9 Å². The van der Waals surface area contributed by atoms with Crippen molar-refractivity contribution >= 4 is 40.9 Å². The summed E-state index contributed by atoms with van der Waals surface area (Å²) in [5.41, 5.74) is 3.14. The van der Waals surface area contributed by atoms with E-state index in [1.807, 2.05) is 43.3 Å². The molecule has 148 valence electrons. The molecule has 7 heteroatoms. The summed E-state index contributed by atoms with van der Waals surface area (Å²) in [6.07, 6.45) is 0.997. The SMILES string of the molecule is CCc1ccccc1NC(=O)CSC1=C(C#N)[C@H](c2ccc(Cl)cc2)CC(=O)N1. The molecule has 0 aromatic heterocycles. The van der Waals surface area contributed by atoms with E-state index in [0.717, 1.165) is 35.0 Å². The first kappa shape index (κ1) is 21.0. The van der Waals surface area contributed by atoms with Crippen molar-refractivity contribution in [2.75, 3.05) is 11.1 Å². The lowest BCUT2D eigenvalue weighted by molar-refractivity contribution is -0.121. The van der Waals surface area contributed by atoms with Crippen molar-refractivity contribution in [2.45, 2.75) is 25.7 Å². The van der Waals surface area contributed by atoms with Crippen LogP contribution in [-0.4, -0.2) is 17.6 Å². The monoisotopic (exact) mass is 425 g/mol. The van der Waals surface area contributed by atoms with E-state index in [2.05, 4.69) is 16.7 Å². The van der Waals surface area contributed by atoms with Crippen molar-refractivity contribution in [1.29, 1.82) is 5.26 Å². The van der Waals surface area contributed by atoms with Crippen LogP contribution in [0, 0.1) is 11.3 Å². The largest absolute Gasteiger partial charge is 0.325 e. The summed E-state index contributed by atoms with van der Waals surface area (Å²) < 4.78 is 0. The van der Waals surface area contributed by atoms with Gasteiger partial charge in [-0.15, -0.1) is 0 Å². The summed E-state index contributed by atoms with van der Waals surface area (Å²) in [6, 6.07) is 17.0. The number of hydrogen-bond donors (Lipinski definition) is 2. The van der Waals surface area contributed by atoms with Crippen molar-refractivity contribution in [3.05, 3.63) is 75.3 Å². The molecule has 0 saturated carbocycles. The predicted octanol–water partition coefficient (Wildman–Crippen LogP) is 4.61. The molecule has 2 aromatic rings. The molecule has 2 aromatic carbocycles. The van der Waals surface area contributed by atoms with Gasteiger partial charge in [-0.05, 0) is 35.7 Å². The molecular formula is C22H20ClN3O2S. The number of carbonyl (C=O) groups is 2. The van der Waals surface area contributed by atoms with Gasteiger partial charge in [0.05, 0.1) is 22.4 Å². The Kier molecular flexibility index (Phi) is 6.97. The topological polar surface area (TPSA) is 82.0 Å². The molecule has 0 spiro atoms. The highest BCUT2D eigenvalue weighted by atomic mass is 35.5. The van der Waals surface area contributed by atoms with E-state index in [1.165, 1.54) is 0 Å². The van der Waals surface area contributed by atoms with Crippen LogP contribution < -0.4 is 10.6 Å².